The van der Waals surface area contributed by atoms with Crippen molar-refractivity contribution < 1.29 is 18.0 Å². The fourth-order valence-electron chi connectivity index (χ4n) is 2.59. The third-order valence-electron chi connectivity index (χ3n) is 3.86. The van der Waals surface area contributed by atoms with Crippen molar-refractivity contribution in [3.05, 3.63) is 64.7 Å². The van der Waals surface area contributed by atoms with Crippen LogP contribution in [0.5, 0.6) is 0 Å². The Morgan fingerprint density at radius 3 is 2.33 bits per heavy atom. The van der Waals surface area contributed by atoms with Crippen LogP contribution in [0, 0.1) is 6.92 Å². The molecule has 7 heteroatoms. The van der Waals surface area contributed by atoms with Crippen molar-refractivity contribution in [3.8, 4) is 0 Å². The number of hydrogen-bond donors (Lipinski definition) is 1. The van der Waals surface area contributed by atoms with Crippen LogP contribution in [0.3, 0.4) is 0 Å². The molecule has 1 N–H and O–H groups in total. The Labute approximate surface area is 140 Å². The molecule has 0 aliphatic carbocycles. The van der Waals surface area contributed by atoms with Crippen LogP contribution in [0.15, 0.2) is 42.5 Å². The van der Waals surface area contributed by atoms with E-state index < -0.39 is 21.8 Å². The molecule has 0 fully saturated rings. The highest BCUT2D eigenvalue weighted by atomic mass is 32.2. The van der Waals surface area contributed by atoms with E-state index in [0.717, 1.165) is 10.5 Å². The number of carbonyl (C=O) groups excluding carboxylic acids is 2. The number of fused-ring (bicyclic) bond motifs is 1. The lowest BCUT2D eigenvalue weighted by Crippen LogP contribution is -2.24. The first-order chi connectivity index (χ1) is 11.3. The Balaban J connectivity index is 1.91. The average molecular weight is 344 g/mol. The average Bonchev–Trinajstić information content (AvgIpc) is 2.75. The molecule has 3 rings (SSSR count). The number of benzene rings is 2. The van der Waals surface area contributed by atoms with Crippen LogP contribution in [0.1, 0.15) is 31.8 Å². The quantitative estimate of drug-likeness (QED) is 0.862. The minimum Gasteiger partial charge on any atom is -0.282 e. The molecule has 0 aromatic heterocycles. The number of anilines is 1. The van der Waals surface area contributed by atoms with E-state index in [-0.39, 0.29) is 22.6 Å². The molecule has 24 heavy (non-hydrogen) atoms. The molecule has 2 aromatic carbocycles. The van der Waals surface area contributed by atoms with Gasteiger partial charge in [-0.3, -0.25) is 19.2 Å². The molecular weight excluding hydrogens is 328 g/mol. The molecule has 0 spiro atoms. The molecule has 124 valence electrons. The number of nitrogens with one attached hydrogen (secondary N) is 1. The first-order valence-electron chi connectivity index (χ1n) is 7.30. The van der Waals surface area contributed by atoms with Gasteiger partial charge in [0.2, 0.25) is 10.0 Å². The smallest absolute Gasteiger partial charge is 0.263 e. The normalized spacial score (nSPS) is 14.0. The Hall–Kier alpha value is -2.67. The van der Waals surface area contributed by atoms with Gasteiger partial charge in [0.1, 0.15) is 0 Å². The first-order valence-corrected chi connectivity index (χ1v) is 8.95. The summed E-state index contributed by atoms with van der Waals surface area (Å²) in [6.07, 6.45) is 0. The van der Waals surface area contributed by atoms with Gasteiger partial charge >= 0.3 is 0 Å². The minimum absolute atomic E-state index is 0.0949. The maximum atomic E-state index is 12.4. The number of nitrogens with zero attached hydrogens (tertiary/aromatic N) is 1. The zero-order valence-electron chi connectivity index (χ0n) is 13.2. The largest absolute Gasteiger partial charge is 0.282 e. The predicted octanol–water partition coefficient (Wildman–Crippen LogP) is 2.16. The van der Waals surface area contributed by atoms with Crippen molar-refractivity contribution in [2.75, 3.05) is 11.8 Å². The molecule has 0 radical (unpaired) electrons. The van der Waals surface area contributed by atoms with Gasteiger partial charge in [0.15, 0.2) is 0 Å². The molecule has 0 atom stereocenters. The monoisotopic (exact) mass is 344 g/mol. The summed E-state index contributed by atoms with van der Waals surface area (Å²) in [6, 6.07) is 11.7. The van der Waals surface area contributed by atoms with Gasteiger partial charge in [-0.15, -0.1) is 0 Å². The Kier molecular flexibility index (Phi) is 3.88. The van der Waals surface area contributed by atoms with Gasteiger partial charge in [-0.25, -0.2) is 8.42 Å². The zero-order chi connectivity index (χ0) is 17.5. The summed E-state index contributed by atoms with van der Waals surface area (Å²) in [5, 5.41) is 0. The van der Waals surface area contributed by atoms with Gasteiger partial charge in [0, 0.05) is 7.05 Å². The molecular formula is C17H16N2O4S. The lowest BCUT2D eigenvalue weighted by Gasteiger charge is -2.11. The number of rotatable bonds is 4. The summed E-state index contributed by atoms with van der Waals surface area (Å²) < 4.78 is 27.2. The predicted molar refractivity (Wildman–Crippen MR) is 90.3 cm³/mol. The highest BCUT2D eigenvalue weighted by Crippen LogP contribution is 2.29. The highest BCUT2D eigenvalue weighted by Gasteiger charge is 2.35. The molecule has 0 bridgehead atoms. The van der Waals surface area contributed by atoms with Gasteiger partial charge in [-0.2, -0.15) is 0 Å². The Bertz CT molecular complexity index is 934. The summed E-state index contributed by atoms with van der Waals surface area (Å²) in [4.78, 5) is 25.1. The van der Waals surface area contributed by atoms with Crippen LogP contribution in [0.4, 0.5) is 5.69 Å². The number of aryl methyl sites for hydroxylation is 1. The molecule has 6 nitrogen and oxygen atoms in total. The molecule has 2 amide bonds. The zero-order valence-corrected chi connectivity index (χ0v) is 14.1. The summed E-state index contributed by atoms with van der Waals surface area (Å²) >= 11 is 0. The summed E-state index contributed by atoms with van der Waals surface area (Å²) in [5.74, 6) is -1.16. The lowest BCUT2D eigenvalue weighted by molar-refractivity contribution is 0.0693. The van der Waals surface area contributed by atoms with Crippen molar-refractivity contribution >= 4 is 27.5 Å². The van der Waals surface area contributed by atoms with Crippen LogP contribution >= 0.6 is 0 Å². The van der Waals surface area contributed by atoms with Gasteiger partial charge in [-0.1, -0.05) is 35.9 Å². The molecule has 0 saturated heterocycles. The molecule has 1 aliphatic heterocycles. The second kappa shape index (κ2) is 5.76. The number of amides is 2. The number of sulfonamides is 1. The SMILES string of the molecule is Cc1ccc(CS(=O)(=O)Nc2cccc3c2C(=O)N(C)C3=O)cc1. The van der Waals surface area contributed by atoms with Crippen molar-refractivity contribution in [3.63, 3.8) is 0 Å². The third kappa shape index (κ3) is 2.90. The summed E-state index contributed by atoms with van der Waals surface area (Å²) in [7, 11) is -2.34. The molecule has 0 unspecified atom stereocenters. The third-order valence-corrected chi connectivity index (χ3v) is 5.11. The van der Waals surface area contributed by atoms with Crippen molar-refractivity contribution in [2.24, 2.45) is 0 Å². The van der Waals surface area contributed by atoms with Gasteiger partial charge in [0.25, 0.3) is 11.8 Å². The van der Waals surface area contributed by atoms with E-state index in [1.807, 2.05) is 19.1 Å². The standard InChI is InChI=1S/C17H16N2O4S/c1-11-6-8-12(9-7-11)10-24(22,23)18-14-5-3-4-13-15(14)17(21)19(2)16(13)20/h3-9,18H,10H2,1-2H3. The molecule has 2 aromatic rings. The Morgan fingerprint density at radius 1 is 1.00 bits per heavy atom. The van der Waals surface area contributed by atoms with E-state index in [0.29, 0.717) is 5.56 Å². The van der Waals surface area contributed by atoms with Crippen LogP contribution in [-0.2, 0) is 15.8 Å². The van der Waals surface area contributed by atoms with E-state index in [9.17, 15) is 18.0 Å². The highest BCUT2D eigenvalue weighted by molar-refractivity contribution is 7.91. The maximum absolute atomic E-state index is 12.4. The molecule has 1 heterocycles. The van der Waals surface area contributed by atoms with E-state index in [1.54, 1.807) is 18.2 Å². The van der Waals surface area contributed by atoms with Gasteiger partial charge < -0.3 is 0 Å². The van der Waals surface area contributed by atoms with Crippen LogP contribution < -0.4 is 4.72 Å². The van der Waals surface area contributed by atoms with Gasteiger partial charge in [0.05, 0.1) is 22.6 Å². The topological polar surface area (TPSA) is 83.6 Å². The van der Waals surface area contributed by atoms with Crippen molar-refractivity contribution in [1.82, 2.24) is 4.90 Å². The van der Waals surface area contributed by atoms with Crippen LogP contribution in [0.25, 0.3) is 0 Å². The number of imide groups is 1. The van der Waals surface area contributed by atoms with Crippen LogP contribution in [0.2, 0.25) is 0 Å². The summed E-state index contributed by atoms with van der Waals surface area (Å²) in [5.41, 5.74) is 2.11. The second-order valence-electron chi connectivity index (χ2n) is 5.74. The summed E-state index contributed by atoms with van der Waals surface area (Å²) in [6.45, 7) is 1.92. The second-order valence-corrected chi connectivity index (χ2v) is 7.47. The van der Waals surface area contributed by atoms with Gasteiger partial charge in [-0.05, 0) is 24.6 Å². The Morgan fingerprint density at radius 2 is 1.67 bits per heavy atom. The van der Waals surface area contributed by atoms with Crippen molar-refractivity contribution in [1.29, 1.82) is 0 Å². The number of carbonyl (C=O) groups is 2. The van der Waals surface area contributed by atoms with E-state index in [4.69, 9.17) is 0 Å². The van der Waals surface area contributed by atoms with E-state index in [2.05, 4.69) is 4.72 Å². The minimum atomic E-state index is -3.71. The lowest BCUT2D eigenvalue weighted by atomic mass is 10.1. The van der Waals surface area contributed by atoms with Crippen LogP contribution in [-0.4, -0.2) is 32.2 Å². The van der Waals surface area contributed by atoms with Crippen molar-refractivity contribution in [2.45, 2.75) is 12.7 Å². The van der Waals surface area contributed by atoms with E-state index >= 15 is 0 Å². The molecule has 0 saturated carbocycles. The van der Waals surface area contributed by atoms with E-state index in [1.165, 1.54) is 19.2 Å². The fraction of sp³-hybridized carbons (Fsp3) is 0.176. The molecule has 1 aliphatic rings. The maximum Gasteiger partial charge on any atom is 0.263 e. The fourth-order valence-corrected chi connectivity index (χ4v) is 3.80. The first kappa shape index (κ1) is 16.2. The number of hydrogen-bond acceptors (Lipinski definition) is 4.